The van der Waals surface area contributed by atoms with Gasteiger partial charge in [0.25, 0.3) is 0 Å². The number of benzene rings is 2. The monoisotopic (exact) mass is 498 g/mol. The second-order valence-corrected chi connectivity index (χ2v) is 10.9. The molecule has 0 aliphatic rings. The fourth-order valence-corrected chi connectivity index (χ4v) is 4.35. The third-order valence-corrected chi connectivity index (χ3v) is 6.75. The van der Waals surface area contributed by atoms with Gasteiger partial charge in [0, 0.05) is 22.9 Å². The molecule has 3 aromatic rings. The highest BCUT2D eigenvalue weighted by molar-refractivity contribution is 7.90. The van der Waals surface area contributed by atoms with Gasteiger partial charge in [0.1, 0.15) is 22.5 Å². The van der Waals surface area contributed by atoms with Gasteiger partial charge in [0.15, 0.2) is 15.6 Å². The number of rotatable bonds is 7. The Morgan fingerprint density at radius 1 is 0.943 bits per heavy atom. The van der Waals surface area contributed by atoms with Gasteiger partial charge in [-0.15, -0.1) is 0 Å². The first-order chi connectivity index (χ1) is 16.4. The summed E-state index contributed by atoms with van der Waals surface area (Å²) in [6, 6.07) is 5.86. The molecule has 0 aliphatic carbocycles. The van der Waals surface area contributed by atoms with Crippen LogP contribution in [-0.2, 0) is 22.7 Å². The number of fused-ring (bicyclic) bond motifs is 1. The molecule has 1 heterocycles. The van der Waals surface area contributed by atoms with E-state index in [0.717, 1.165) is 17.4 Å². The number of phenols is 2. The number of aromatic hydroxyl groups is 2. The Labute approximate surface area is 204 Å². The molecule has 7 nitrogen and oxygen atoms in total. The summed E-state index contributed by atoms with van der Waals surface area (Å²) in [6.07, 6.45) is 5.35. The predicted molar refractivity (Wildman–Crippen MR) is 137 cm³/mol. The predicted octanol–water partition coefficient (Wildman–Crippen LogP) is 5.30. The number of hydrogen-bond acceptors (Lipinski definition) is 7. The number of sulfone groups is 1. The zero-order chi connectivity index (χ0) is 26.1. The average Bonchev–Trinajstić information content (AvgIpc) is 2.77. The van der Waals surface area contributed by atoms with Gasteiger partial charge in [-0.2, -0.15) is 0 Å². The van der Waals surface area contributed by atoms with Crippen molar-refractivity contribution in [2.45, 2.75) is 45.4 Å². The van der Waals surface area contributed by atoms with Crippen LogP contribution in [0.1, 0.15) is 38.8 Å². The lowest BCUT2D eigenvalue weighted by Gasteiger charge is -2.16. The van der Waals surface area contributed by atoms with Crippen LogP contribution in [-0.4, -0.2) is 32.0 Å². The summed E-state index contributed by atoms with van der Waals surface area (Å²) in [7, 11) is -2.09. The Morgan fingerprint density at radius 2 is 1.49 bits per heavy atom. The van der Waals surface area contributed by atoms with Crippen molar-refractivity contribution in [1.82, 2.24) is 0 Å². The molecule has 0 saturated heterocycles. The van der Waals surface area contributed by atoms with E-state index < -0.39 is 15.3 Å². The highest BCUT2D eigenvalue weighted by Crippen LogP contribution is 2.42. The van der Waals surface area contributed by atoms with E-state index in [9.17, 15) is 23.4 Å². The molecule has 35 heavy (non-hydrogen) atoms. The topological polar surface area (TPSA) is 114 Å². The fraction of sp³-hybridized carbons (Fsp3) is 0.296. The molecule has 0 fully saturated rings. The SMILES string of the molecule is COc1c(-c2ccc(S(C)(=O)=O)cc2)oc2c(CC=C(C)C)c(O)c(CC=C(C)C)c(O)c2c1=O. The Morgan fingerprint density at radius 3 is 1.97 bits per heavy atom. The normalized spacial score (nSPS) is 11.4. The van der Waals surface area contributed by atoms with Crippen LogP contribution < -0.4 is 10.2 Å². The number of allylic oxidation sites excluding steroid dienone is 4. The van der Waals surface area contributed by atoms with Crippen LogP contribution in [0.5, 0.6) is 17.2 Å². The van der Waals surface area contributed by atoms with Crippen LogP contribution in [0.3, 0.4) is 0 Å². The number of ether oxygens (including phenoxy) is 1. The molecule has 0 atom stereocenters. The minimum Gasteiger partial charge on any atom is -0.507 e. The maximum atomic E-state index is 13.5. The summed E-state index contributed by atoms with van der Waals surface area (Å²) in [5, 5.41) is 22.1. The largest absolute Gasteiger partial charge is 0.507 e. The van der Waals surface area contributed by atoms with E-state index in [1.165, 1.54) is 31.4 Å². The van der Waals surface area contributed by atoms with E-state index in [-0.39, 0.29) is 57.3 Å². The molecule has 186 valence electrons. The van der Waals surface area contributed by atoms with Crippen LogP contribution in [0.25, 0.3) is 22.3 Å². The van der Waals surface area contributed by atoms with Gasteiger partial charge in [-0.25, -0.2) is 8.42 Å². The van der Waals surface area contributed by atoms with Crippen LogP contribution >= 0.6 is 0 Å². The molecule has 0 bridgehead atoms. The van der Waals surface area contributed by atoms with Gasteiger partial charge in [0.05, 0.1) is 12.0 Å². The van der Waals surface area contributed by atoms with Crippen LogP contribution in [0.2, 0.25) is 0 Å². The van der Waals surface area contributed by atoms with Crippen molar-refractivity contribution in [3.05, 3.63) is 68.9 Å². The first kappa shape index (κ1) is 26.1. The van der Waals surface area contributed by atoms with Gasteiger partial charge in [-0.1, -0.05) is 23.3 Å². The number of phenolic OH excluding ortho intramolecular Hbond substituents is 2. The average molecular weight is 499 g/mol. The molecule has 0 saturated carbocycles. The molecule has 3 rings (SSSR count). The van der Waals surface area contributed by atoms with E-state index >= 15 is 0 Å². The summed E-state index contributed by atoms with van der Waals surface area (Å²) in [5.74, 6) is -0.565. The Hall–Kier alpha value is -3.52. The summed E-state index contributed by atoms with van der Waals surface area (Å²) in [5.41, 5.74) is 2.46. The fourth-order valence-electron chi connectivity index (χ4n) is 3.72. The minimum atomic E-state index is -3.41. The van der Waals surface area contributed by atoms with Gasteiger partial charge in [0.2, 0.25) is 11.2 Å². The Balaban J connectivity index is 2.42. The molecular formula is C27H30O7S. The summed E-state index contributed by atoms with van der Waals surface area (Å²) >= 11 is 0. The molecule has 1 aromatic heterocycles. The van der Waals surface area contributed by atoms with Crippen molar-refractivity contribution in [2.75, 3.05) is 13.4 Å². The molecule has 8 heteroatoms. The lowest BCUT2D eigenvalue weighted by Crippen LogP contribution is -2.10. The van der Waals surface area contributed by atoms with E-state index in [2.05, 4.69) is 0 Å². The second kappa shape index (κ2) is 10.00. The van der Waals surface area contributed by atoms with Crippen LogP contribution in [0.15, 0.2) is 61.7 Å². The standard InChI is InChI=1S/C27H30O7S/c1-15(2)7-13-19-22(28)20(14-8-16(3)4)26-21(23(19)29)24(30)27(33-5)25(34-26)17-9-11-18(12-10-17)35(6,31)32/h7-12,28-29H,13-14H2,1-6H3. The van der Waals surface area contributed by atoms with Crippen molar-refractivity contribution >= 4 is 20.8 Å². The van der Waals surface area contributed by atoms with Crippen LogP contribution in [0, 0.1) is 0 Å². The first-order valence-electron chi connectivity index (χ1n) is 11.0. The van der Waals surface area contributed by atoms with Crippen molar-refractivity contribution in [2.24, 2.45) is 0 Å². The van der Waals surface area contributed by atoms with E-state index in [1.54, 1.807) is 0 Å². The summed E-state index contributed by atoms with van der Waals surface area (Å²) < 4.78 is 35.2. The lowest BCUT2D eigenvalue weighted by atomic mass is 9.96. The first-order valence-corrected chi connectivity index (χ1v) is 12.9. The molecule has 0 radical (unpaired) electrons. The molecule has 2 N–H and O–H groups in total. The second-order valence-electron chi connectivity index (χ2n) is 8.92. The van der Waals surface area contributed by atoms with Crippen molar-refractivity contribution in [1.29, 1.82) is 0 Å². The van der Waals surface area contributed by atoms with E-state index in [0.29, 0.717) is 11.1 Å². The summed E-state index contributed by atoms with van der Waals surface area (Å²) in [6.45, 7) is 7.63. The highest BCUT2D eigenvalue weighted by atomic mass is 32.2. The van der Waals surface area contributed by atoms with Crippen molar-refractivity contribution < 1.29 is 27.8 Å². The number of hydrogen-bond donors (Lipinski definition) is 2. The van der Waals surface area contributed by atoms with Gasteiger partial charge in [-0.3, -0.25) is 4.79 Å². The van der Waals surface area contributed by atoms with Crippen molar-refractivity contribution in [3.63, 3.8) is 0 Å². The minimum absolute atomic E-state index is 0.0476. The molecule has 2 aromatic carbocycles. The Bertz CT molecular complexity index is 1500. The van der Waals surface area contributed by atoms with E-state index in [4.69, 9.17) is 9.15 Å². The van der Waals surface area contributed by atoms with Crippen LogP contribution in [0.4, 0.5) is 0 Å². The molecule has 0 amide bonds. The van der Waals surface area contributed by atoms with Gasteiger partial charge < -0.3 is 19.4 Å². The molecule has 0 aliphatic heterocycles. The smallest absolute Gasteiger partial charge is 0.239 e. The highest BCUT2D eigenvalue weighted by Gasteiger charge is 2.26. The van der Waals surface area contributed by atoms with Gasteiger partial charge >= 0.3 is 0 Å². The lowest BCUT2D eigenvalue weighted by molar-refractivity contribution is 0.396. The third kappa shape index (κ3) is 5.27. The zero-order valence-electron chi connectivity index (χ0n) is 20.7. The van der Waals surface area contributed by atoms with Crippen molar-refractivity contribution in [3.8, 4) is 28.6 Å². The molecule has 0 unspecified atom stereocenters. The van der Waals surface area contributed by atoms with E-state index in [1.807, 2.05) is 39.8 Å². The molecular weight excluding hydrogens is 468 g/mol. The zero-order valence-corrected chi connectivity index (χ0v) is 21.5. The Kier molecular flexibility index (Phi) is 7.45. The maximum Gasteiger partial charge on any atom is 0.239 e. The number of methoxy groups -OCH3 is 1. The van der Waals surface area contributed by atoms with Gasteiger partial charge in [-0.05, 0) is 64.8 Å². The maximum absolute atomic E-state index is 13.5. The third-order valence-electron chi connectivity index (χ3n) is 5.62. The molecule has 0 spiro atoms. The quantitative estimate of drug-likeness (QED) is 0.425. The summed E-state index contributed by atoms with van der Waals surface area (Å²) in [4.78, 5) is 13.7.